The first-order valence-electron chi connectivity index (χ1n) is 9.33. The van der Waals surface area contributed by atoms with Crippen molar-refractivity contribution in [2.24, 2.45) is 0 Å². The Morgan fingerprint density at radius 3 is 2.75 bits per heavy atom. The van der Waals surface area contributed by atoms with Crippen LogP contribution in [0.25, 0.3) is 0 Å². The van der Waals surface area contributed by atoms with Crippen LogP contribution in [0.1, 0.15) is 26.3 Å². The van der Waals surface area contributed by atoms with Crippen LogP contribution in [-0.4, -0.2) is 30.8 Å². The van der Waals surface area contributed by atoms with Crippen LogP contribution in [0.3, 0.4) is 0 Å². The van der Waals surface area contributed by atoms with Gasteiger partial charge in [-0.2, -0.15) is 0 Å². The van der Waals surface area contributed by atoms with Crippen LogP contribution in [0.5, 0.6) is 17.2 Å². The van der Waals surface area contributed by atoms with Gasteiger partial charge in [0.1, 0.15) is 18.0 Å². The first-order valence-corrected chi connectivity index (χ1v) is 9.33. The number of benzene rings is 2. The number of carbonyl (C=O) groups excluding carboxylic acids is 1. The van der Waals surface area contributed by atoms with Gasteiger partial charge >= 0.3 is 0 Å². The molecule has 1 N–H and O–H groups in total. The number of fused-ring (bicyclic) bond motifs is 1. The van der Waals surface area contributed by atoms with Crippen molar-refractivity contribution in [2.45, 2.75) is 38.9 Å². The fourth-order valence-electron chi connectivity index (χ4n) is 2.96. The van der Waals surface area contributed by atoms with Gasteiger partial charge in [0.25, 0.3) is 5.91 Å². The Hall–Kier alpha value is -3.13. The summed E-state index contributed by atoms with van der Waals surface area (Å²) in [5, 5.41) is 2.74. The highest BCUT2D eigenvalue weighted by Crippen LogP contribution is 2.41. The molecule has 0 bridgehead atoms. The van der Waals surface area contributed by atoms with Gasteiger partial charge < -0.3 is 19.5 Å². The van der Waals surface area contributed by atoms with Gasteiger partial charge in [0.2, 0.25) is 0 Å². The predicted molar refractivity (Wildman–Crippen MR) is 108 cm³/mol. The second kappa shape index (κ2) is 8.71. The Labute approximate surface area is 166 Å². The molecule has 1 amide bonds. The number of hydrogen-bond donors (Lipinski definition) is 1. The molecule has 2 aromatic rings. The third kappa shape index (κ3) is 5.20. The normalized spacial score (nSPS) is 14.7. The summed E-state index contributed by atoms with van der Waals surface area (Å²) in [5.74, 6) is 7.74. The van der Waals surface area contributed by atoms with Crippen molar-refractivity contribution >= 4 is 5.91 Å². The van der Waals surface area contributed by atoms with Gasteiger partial charge in [-0.3, -0.25) is 4.79 Å². The zero-order valence-electron chi connectivity index (χ0n) is 16.5. The number of nitrogens with one attached hydrogen (secondary N) is 1. The van der Waals surface area contributed by atoms with E-state index < -0.39 is 6.10 Å². The molecule has 0 saturated heterocycles. The van der Waals surface area contributed by atoms with Crippen LogP contribution in [0.2, 0.25) is 0 Å². The highest BCUT2D eigenvalue weighted by atomic mass is 16.5. The average Bonchev–Trinajstić information content (AvgIpc) is 2.99. The summed E-state index contributed by atoms with van der Waals surface area (Å²) in [5.41, 5.74) is 0.936. The minimum Gasteiger partial charge on any atom is -0.483 e. The van der Waals surface area contributed by atoms with E-state index in [1.807, 2.05) is 42.5 Å². The Morgan fingerprint density at radius 2 is 1.96 bits per heavy atom. The van der Waals surface area contributed by atoms with E-state index in [-0.39, 0.29) is 24.7 Å². The van der Waals surface area contributed by atoms with E-state index in [2.05, 4.69) is 37.1 Å². The van der Waals surface area contributed by atoms with Crippen LogP contribution < -0.4 is 19.5 Å². The lowest BCUT2D eigenvalue weighted by atomic mass is 10.0. The Kier molecular flexibility index (Phi) is 6.10. The lowest BCUT2D eigenvalue weighted by Gasteiger charge is -2.17. The predicted octanol–water partition coefficient (Wildman–Crippen LogP) is 3.37. The van der Waals surface area contributed by atoms with Crippen molar-refractivity contribution in [1.82, 2.24) is 5.32 Å². The minimum absolute atomic E-state index is 0.212. The van der Waals surface area contributed by atoms with E-state index in [4.69, 9.17) is 14.2 Å². The number of para-hydroxylation sites is 2. The summed E-state index contributed by atoms with van der Waals surface area (Å²) in [6.45, 7) is 6.28. The van der Waals surface area contributed by atoms with Gasteiger partial charge in [0, 0.05) is 12.0 Å². The summed E-state index contributed by atoms with van der Waals surface area (Å²) in [6.07, 6.45) is 0.272. The zero-order valence-corrected chi connectivity index (χ0v) is 16.5. The van der Waals surface area contributed by atoms with E-state index in [1.165, 1.54) is 0 Å². The van der Waals surface area contributed by atoms with E-state index in [1.54, 1.807) is 6.92 Å². The quantitative estimate of drug-likeness (QED) is 0.782. The molecule has 0 saturated carbocycles. The number of ether oxygens (including phenoxy) is 3. The smallest absolute Gasteiger partial charge is 0.261 e. The van der Waals surface area contributed by atoms with Crippen molar-refractivity contribution in [3.63, 3.8) is 0 Å². The van der Waals surface area contributed by atoms with Crippen LogP contribution in [0.15, 0.2) is 48.5 Å². The number of hydrogen-bond acceptors (Lipinski definition) is 4. The van der Waals surface area contributed by atoms with Gasteiger partial charge in [-0.25, -0.2) is 0 Å². The molecule has 1 aliphatic heterocycles. The molecule has 3 rings (SSSR count). The van der Waals surface area contributed by atoms with Gasteiger partial charge in [-0.1, -0.05) is 42.2 Å². The summed E-state index contributed by atoms with van der Waals surface area (Å²) in [7, 11) is 0. The maximum atomic E-state index is 12.0. The maximum Gasteiger partial charge on any atom is 0.261 e. The van der Waals surface area contributed by atoms with Crippen molar-refractivity contribution in [3.05, 3.63) is 54.1 Å². The molecule has 5 heteroatoms. The molecular formula is C23H25NO4. The van der Waals surface area contributed by atoms with E-state index in [0.29, 0.717) is 11.5 Å². The minimum atomic E-state index is -0.590. The summed E-state index contributed by atoms with van der Waals surface area (Å²) < 4.78 is 17.3. The fourth-order valence-corrected chi connectivity index (χ4v) is 2.96. The zero-order chi connectivity index (χ0) is 20.0. The van der Waals surface area contributed by atoms with Gasteiger partial charge in [-0.05, 0) is 39.0 Å². The molecule has 0 spiro atoms. The Bertz CT molecular complexity index is 880. The van der Waals surface area contributed by atoms with Gasteiger partial charge in [0.05, 0.1) is 6.54 Å². The standard InChI is InChI=1S/C23H25NO4/c1-17(27-19-11-5-4-6-12-19)22(25)24-14-7-8-15-26-20-13-9-10-18-16-23(2,3)28-21(18)20/h4-6,9-13,17H,14-16H2,1-3H3,(H,24,25). The number of rotatable bonds is 6. The third-order valence-electron chi connectivity index (χ3n) is 4.26. The molecule has 0 fully saturated rings. The van der Waals surface area contributed by atoms with Gasteiger partial charge in [0.15, 0.2) is 17.6 Å². The first-order chi connectivity index (χ1) is 13.4. The van der Waals surface area contributed by atoms with Crippen LogP contribution in [-0.2, 0) is 11.2 Å². The second-order valence-corrected chi connectivity index (χ2v) is 7.22. The Balaban J connectivity index is 1.42. The molecule has 0 radical (unpaired) electrons. The third-order valence-corrected chi connectivity index (χ3v) is 4.26. The molecule has 146 valence electrons. The molecular weight excluding hydrogens is 354 g/mol. The first kappa shape index (κ1) is 19.6. The molecule has 0 aromatic heterocycles. The van der Waals surface area contributed by atoms with Crippen molar-refractivity contribution in [2.75, 3.05) is 13.2 Å². The molecule has 28 heavy (non-hydrogen) atoms. The highest BCUT2D eigenvalue weighted by molar-refractivity contribution is 5.80. The van der Waals surface area contributed by atoms with Gasteiger partial charge in [-0.15, -0.1) is 0 Å². The highest BCUT2D eigenvalue weighted by Gasteiger charge is 2.32. The number of carbonyl (C=O) groups is 1. The lowest BCUT2D eigenvalue weighted by molar-refractivity contribution is -0.126. The largest absolute Gasteiger partial charge is 0.483 e. The molecule has 1 heterocycles. The number of amides is 1. The summed E-state index contributed by atoms with van der Waals surface area (Å²) in [4.78, 5) is 12.0. The van der Waals surface area contributed by atoms with E-state index >= 15 is 0 Å². The molecule has 1 unspecified atom stereocenters. The van der Waals surface area contributed by atoms with E-state index in [0.717, 1.165) is 17.7 Å². The second-order valence-electron chi connectivity index (χ2n) is 7.22. The maximum absolute atomic E-state index is 12.0. The van der Waals surface area contributed by atoms with Crippen LogP contribution in [0, 0.1) is 11.8 Å². The monoisotopic (exact) mass is 379 g/mol. The molecule has 5 nitrogen and oxygen atoms in total. The lowest BCUT2D eigenvalue weighted by Crippen LogP contribution is -2.36. The molecule has 2 aromatic carbocycles. The van der Waals surface area contributed by atoms with Crippen molar-refractivity contribution in [3.8, 4) is 29.1 Å². The SMILES string of the molecule is CC(Oc1ccccc1)C(=O)NCC#CCOc1cccc2c1OC(C)(C)C2. The average molecular weight is 379 g/mol. The topological polar surface area (TPSA) is 56.8 Å². The summed E-state index contributed by atoms with van der Waals surface area (Å²) in [6, 6.07) is 15.1. The van der Waals surface area contributed by atoms with E-state index in [9.17, 15) is 4.79 Å². The molecule has 1 aliphatic rings. The Morgan fingerprint density at radius 1 is 1.18 bits per heavy atom. The van der Waals surface area contributed by atoms with Crippen molar-refractivity contribution in [1.29, 1.82) is 0 Å². The molecule has 1 atom stereocenters. The molecule has 0 aliphatic carbocycles. The van der Waals surface area contributed by atoms with Crippen molar-refractivity contribution < 1.29 is 19.0 Å². The fraction of sp³-hybridized carbons (Fsp3) is 0.348. The summed E-state index contributed by atoms with van der Waals surface area (Å²) >= 11 is 0. The van der Waals surface area contributed by atoms with Crippen LogP contribution in [0.4, 0.5) is 0 Å². The van der Waals surface area contributed by atoms with Crippen LogP contribution >= 0.6 is 0 Å².